The van der Waals surface area contributed by atoms with E-state index < -0.39 is 0 Å². The highest BCUT2D eigenvalue weighted by Gasteiger charge is 2.23. The minimum absolute atomic E-state index is 0.00366. The molecule has 0 saturated heterocycles. The molecule has 0 fully saturated rings. The average molecular weight is 200 g/mol. The van der Waals surface area contributed by atoms with Crippen LogP contribution in [0.15, 0.2) is 0 Å². The second kappa shape index (κ2) is 6.82. The standard InChI is InChI=1S/C11H24N2O/c1-5-9(4)13(7-3)11(14)10(6-2)8-12/h9-10H,5-8,12H2,1-4H3. The first-order valence-electron chi connectivity index (χ1n) is 5.62. The largest absolute Gasteiger partial charge is 0.340 e. The van der Waals surface area contributed by atoms with Crippen LogP contribution in [0.2, 0.25) is 0 Å². The summed E-state index contributed by atoms with van der Waals surface area (Å²) in [5.41, 5.74) is 5.57. The first-order valence-corrected chi connectivity index (χ1v) is 5.62. The predicted octanol–water partition coefficient (Wildman–Crippen LogP) is 1.62. The minimum Gasteiger partial charge on any atom is -0.340 e. The van der Waals surface area contributed by atoms with Gasteiger partial charge in [0.1, 0.15) is 0 Å². The van der Waals surface area contributed by atoms with Crippen LogP contribution < -0.4 is 5.73 Å². The van der Waals surface area contributed by atoms with Crippen LogP contribution >= 0.6 is 0 Å². The van der Waals surface area contributed by atoms with Crippen molar-refractivity contribution in [2.75, 3.05) is 13.1 Å². The zero-order valence-electron chi connectivity index (χ0n) is 9.92. The Hall–Kier alpha value is -0.570. The maximum atomic E-state index is 12.0. The van der Waals surface area contributed by atoms with Crippen LogP contribution in [-0.2, 0) is 4.79 Å². The summed E-state index contributed by atoms with van der Waals surface area (Å²) >= 11 is 0. The Morgan fingerprint density at radius 3 is 2.14 bits per heavy atom. The molecule has 0 rings (SSSR count). The van der Waals surface area contributed by atoms with Gasteiger partial charge in [0.05, 0.1) is 5.92 Å². The van der Waals surface area contributed by atoms with E-state index in [1.54, 1.807) is 0 Å². The van der Waals surface area contributed by atoms with Gasteiger partial charge in [-0.2, -0.15) is 0 Å². The van der Waals surface area contributed by atoms with Gasteiger partial charge in [-0.15, -0.1) is 0 Å². The van der Waals surface area contributed by atoms with E-state index in [1.807, 2.05) is 18.7 Å². The van der Waals surface area contributed by atoms with E-state index in [-0.39, 0.29) is 11.8 Å². The second-order valence-electron chi connectivity index (χ2n) is 3.72. The number of nitrogens with zero attached hydrogens (tertiary/aromatic N) is 1. The van der Waals surface area contributed by atoms with Crippen molar-refractivity contribution >= 4 is 5.91 Å². The summed E-state index contributed by atoms with van der Waals surface area (Å²) in [6.07, 6.45) is 1.84. The third-order valence-electron chi connectivity index (χ3n) is 2.87. The fourth-order valence-electron chi connectivity index (χ4n) is 1.58. The van der Waals surface area contributed by atoms with E-state index in [4.69, 9.17) is 5.73 Å². The van der Waals surface area contributed by atoms with Crippen molar-refractivity contribution in [2.45, 2.75) is 46.6 Å². The minimum atomic E-state index is 0.00366. The van der Waals surface area contributed by atoms with Crippen molar-refractivity contribution < 1.29 is 4.79 Å². The number of hydrogen-bond donors (Lipinski definition) is 1. The average Bonchev–Trinajstić information content (AvgIpc) is 2.20. The topological polar surface area (TPSA) is 46.3 Å². The molecule has 3 heteroatoms. The summed E-state index contributed by atoms with van der Waals surface area (Å²) in [6, 6.07) is 0.327. The van der Waals surface area contributed by atoms with Crippen LogP contribution in [0.3, 0.4) is 0 Å². The molecule has 0 aromatic rings. The maximum absolute atomic E-state index is 12.0. The molecule has 0 spiro atoms. The zero-order valence-corrected chi connectivity index (χ0v) is 9.92. The molecule has 2 N–H and O–H groups in total. The Bertz CT molecular complexity index is 167. The predicted molar refractivity (Wildman–Crippen MR) is 60.0 cm³/mol. The maximum Gasteiger partial charge on any atom is 0.227 e. The van der Waals surface area contributed by atoms with Gasteiger partial charge in [0.15, 0.2) is 0 Å². The Morgan fingerprint density at radius 2 is 1.86 bits per heavy atom. The zero-order chi connectivity index (χ0) is 11.1. The number of carbonyl (C=O) groups excluding carboxylic acids is 1. The second-order valence-corrected chi connectivity index (χ2v) is 3.72. The van der Waals surface area contributed by atoms with Gasteiger partial charge in [-0.05, 0) is 26.7 Å². The number of hydrogen-bond acceptors (Lipinski definition) is 2. The highest BCUT2D eigenvalue weighted by molar-refractivity contribution is 5.79. The van der Waals surface area contributed by atoms with Crippen molar-refractivity contribution in [3.05, 3.63) is 0 Å². The van der Waals surface area contributed by atoms with E-state index in [0.717, 1.165) is 19.4 Å². The molecular formula is C11H24N2O. The van der Waals surface area contributed by atoms with Crippen molar-refractivity contribution in [2.24, 2.45) is 11.7 Å². The van der Waals surface area contributed by atoms with Gasteiger partial charge in [-0.25, -0.2) is 0 Å². The molecule has 0 aromatic carbocycles. The van der Waals surface area contributed by atoms with Gasteiger partial charge in [-0.3, -0.25) is 4.79 Å². The molecule has 0 aliphatic rings. The number of amides is 1. The fraction of sp³-hybridized carbons (Fsp3) is 0.909. The van der Waals surface area contributed by atoms with Crippen LogP contribution in [0, 0.1) is 5.92 Å². The highest BCUT2D eigenvalue weighted by atomic mass is 16.2. The first kappa shape index (κ1) is 13.4. The van der Waals surface area contributed by atoms with Crippen molar-refractivity contribution in [3.63, 3.8) is 0 Å². The molecule has 0 aromatic heterocycles. The third-order valence-corrected chi connectivity index (χ3v) is 2.87. The van der Waals surface area contributed by atoms with Gasteiger partial charge < -0.3 is 10.6 Å². The highest BCUT2D eigenvalue weighted by Crippen LogP contribution is 2.11. The summed E-state index contributed by atoms with van der Waals surface area (Å²) < 4.78 is 0. The summed E-state index contributed by atoms with van der Waals surface area (Å²) in [5, 5.41) is 0. The monoisotopic (exact) mass is 200 g/mol. The molecule has 3 nitrogen and oxygen atoms in total. The smallest absolute Gasteiger partial charge is 0.227 e. The van der Waals surface area contributed by atoms with Gasteiger partial charge in [0.25, 0.3) is 0 Å². The summed E-state index contributed by atoms with van der Waals surface area (Å²) in [5.74, 6) is 0.218. The van der Waals surface area contributed by atoms with Crippen molar-refractivity contribution in [1.29, 1.82) is 0 Å². The van der Waals surface area contributed by atoms with E-state index >= 15 is 0 Å². The van der Waals surface area contributed by atoms with E-state index in [0.29, 0.717) is 12.6 Å². The molecule has 0 aliphatic carbocycles. The molecular weight excluding hydrogens is 176 g/mol. The summed E-state index contributed by atoms with van der Waals surface area (Å²) in [7, 11) is 0. The number of carbonyl (C=O) groups is 1. The quantitative estimate of drug-likeness (QED) is 0.708. The van der Waals surface area contributed by atoms with Crippen molar-refractivity contribution in [1.82, 2.24) is 4.90 Å². The Balaban J connectivity index is 4.43. The lowest BCUT2D eigenvalue weighted by atomic mass is 10.0. The summed E-state index contributed by atoms with van der Waals surface area (Å²) in [4.78, 5) is 13.9. The van der Waals surface area contributed by atoms with Gasteiger partial charge in [-0.1, -0.05) is 13.8 Å². The molecule has 0 aliphatic heterocycles. The van der Waals surface area contributed by atoms with Gasteiger partial charge >= 0.3 is 0 Å². The van der Waals surface area contributed by atoms with E-state index in [1.165, 1.54) is 0 Å². The Kier molecular flexibility index (Phi) is 6.54. The molecule has 2 unspecified atom stereocenters. The summed E-state index contributed by atoms with van der Waals surface area (Å²) in [6.45, 7) is 9.47. The molecule has 84 valence electrons. The van der Waals surface area contributed by atoms with Crippen LogP contribution in [0.1, 0.15) is 40.5 Å². The lowest BCUT2D eigenvalue weighted by molar-refractivity contribution is -0.137. The van der Waals surface area contributed by atoms with Crippen LogP contribution in [0.25, 0.3) is 0 Å². The molecule has 0 saturated carbocycles. The molecule has 0 heterocycles. The molecule has 1 amide bonds. The van der Waals surface area contributed by atoms with E-state index in [2.05, 4.69) is 13.8 Å². The molecule has 2 atom stereocenters. The lowest BCUT2D eigenvalue weighted by Crippen LogP contribution is -2.43. The van der Waals surface area contributed by atoms with Crippen molar-refractivity contribution in [3.8, 4) is 0 Å². The Morgan fingerprint density at radius 1 is 1.29 bits per heavy atom. The lowest BCUT2D eigenvalue weighted by Gasteiger charge is -2.30. The number of rotatable bonds is 6. The van der Waals surface area contributed by atoms with Gasteiger partial charge in [0, 0.05) is 19.1 Å². The van der Waals surface area contributed by atoms with Gasteiger partial charge in [0.2, 0.25) is 5.91 Å². The fourth-order valence-corrected chi connectivity index (χ4v) is 1.58. The first-order chi connectivity index (χ1) is 6.62. The van der Waals surface area contributed by atoms with Crippen LogP contribution in [-0.4, -0.2) is 29.9 Å². The number of nitrogens with two attached hydrogens (primary N) is 1. The molecule has 0 bridgehead atoms. The third kappa shape index (κ3) is 3.29. The molecule has 14 heavy (non-hydrogen) atoms. The molecule has 0 radical (unpaired) electrons. The van der Waals surface area contributed by atoms with Crippen LogP contribution in [0.5, 0.6) is 0 Å². The normalized spacial score (nSPS) is 14.9. The Labute approximate surface area is 87.6 Å². The van der Waals surface area contributed by atoms with Crippen LogP contribution in [0.4, 0.5) is 0 Å². The SMILES string of the molecule is CCC(CN)C(=O)N(CC)C(C)CC. The van der Waals surface area contributed by atoms with E-state index in [9.17, 15) is 4.79 Å².